The van der Waals surface area contributed by atoms with Crippen LogP contribution in [0.1, 0.15) is 62.8 Å². The van der Waals surface area contributed by atoms with E-state index in [-0.39, 0.29) is 5.91 Å². The van der Waals surface area contributed by atoms with Crippen LogP contribution in [0.4, 0.5) is 5.69 Å². The molecule has 0 radical (unpaired) electrons. The number of aromatic amines is 1. The lowest BCUT2D eigenvalue weighted by Gasteiger charge is -2.44. The first-order valence-electron chi connectivity index (χ1n) is 10.1. The molecule has 4 heteroatoms. The summed E-state index contributed by atoms with van der Waals surface area (Å²) < 4.78 is 0. The number of amides is 1. The maximum Gasteiger partial charge on any atom is 0.221 e. The lowest BCUT2D eigenvalue weighted by atomic mass is 9.77. The Balaban J connectivity index is 1.68. The van der Waals surface area contributed by atoms with Gasteiger partial charge in [-0.1, -0.05) is 26.0 Å². The Morgan fingerprint density at radius 1 is 1.33 bits per heavy atom. The van der Waals surface area contributed by atoms with Gasteiger partial charge in [0.15, 0.2) is 0 Å². The number of carbonyl (C=O) groups is 1. The summed E-state index contributed by atoms with van der Waals surface area (Å²) in [6.07, 6.45) is 3.20. The molecule has 0 spiro atoms. The van der Waals surface area contributed by atoms with E-state index in [4.69, 9.17) is 0 Å². The van der Waals surface area contributed by atoms with Gasteiger partial charge in [0, 0.05) is 43.0 Å². The van der Waals surface area contributed by atoms with E-state index in [9.17, 15) is 4.79 Å². The van der Waals surface area contributed by atoms with Gasteiger partial charge in [-0.25, -0.2) is 0 Å². The van der Waals surface area contributed by atoms with E-state index in [1.807, 2.05) is 12.3 Å². The summed E-state index contributed by atoms with van der Waals surface area (Å²) in [7, 11) is 0. The third-order valence-corrected chi connectivity index (χ3v) is 6.33. The molecule has 1 saturated heterocycles. The smallest absolute Gasteiger partial charge is 0.221 e. The molecule has 0 saturated carbocycles. The van der Waals surface area contributed by atoms with E-state index in [0.717, 1.165) is 25.2 Å². The molecule has 2 heterocycles. The number of piperidine rings is 1. The first kappa shape index (κ1) is 19.7. The molecule has 4 unspecified atom stereocenters. The number of aromatic nitrogens is 1. The Labute approximate surface area is 163 Å². The van der Waals surface area contributed by atoms with Crippen LogP contribution in [-0.4, -0.2) is 34.9 Å². The van der Waals surface area contributed by atoms with Crippen LogP contribution in [0.15, 0.2) is 36.5 Å². The van der Waals surface area contributed by atoms with Crippen LogP contribution in [-0.2, 0) is 4.79 Å². The highest BCUT2D eigenvalue weighted by Crippen LogP contribution is 2.38. The first-order chi connectivity index (χ1) is 12.9. The molecule has 1 aromatic carbocycles. The van der Waals surface area contributed by atoms with Gasteiger partial charge in [-0.3, -0.25) is 9.69 Å². The van der Waals surface area contributed by atoms with Gasteiger partial charge in [-0.15, -0.1) is 0 Å². The molecule has 146 valence electrons. The topological polar surface area (TPSA) is 48.1 Å². The highest BCUT2D eigenvalue weighted by Gasteiger charge is 2.34. The number of likely N-dealkylation sites (tertiary alicyclic amines) is 1. The molecule has 0 aliphatic carbocycles. The van der Waals surface area contributed by atoms with Crippen molar-refractivity contribution >= 4 is 11.6 Å². The molecular formula is C23H33N3O. The lowest BCUT2D eigenvalue weighted by Crippen LogP contribution is -2.47. The lowest BCUT2D eigenvalue weighted by molar-refractivity contribution is -0.114. The number of nitrogens with zero attached hydrogens (tertiary/aromatic N) is 1. The molecule has 4 nitrogen and oxygen atoms in total. The summed E-state index contributed by atoms with van der Waals surface area (Å²) in [6.45, 7) is 13.0. The highest BCUT2D eigenvalue weighted by atomic mass is 16.1. The normalized spacial score (nSPS) is 24.6. The largest absolute Gasteiger partial charge is 0.365 e. The molecule has 1 aliphatic rings. The number of H-pyrrole nitrogens is 1. The Morgan fingerprint density at radius 3 is 2.78 bits per heavy atom. The van der Waals surface area contributed by atoms with Crippen LogP contribution in [0, 0.1) is 12.8 Å². The molecule has 1 aromatic heterocycles. The van der Waals surface area contributed by atoms with Gasteiger partial charge < -0.3 is 10.3 Å². The number of rotatable bonds is 5. The fourth-order valence-corrected chi connectivity index (χ4v) is 4.65. The van der Waals surface area contributed by atoms with E-state index in [1.54, 1.807) is 6.92 Å². The van der Waals surface area contributed by atoms with Crippen molar-refractivity contribution in [2.75, 3.05) is 18.4 Å². The van der Waals surface area contributed by atoms with E-state index < -0.39 is 0 Å². The zero-order chi connectivity index (χ0) is 19.6. The summed E-state index contributed by atoms with van der Waals surface area (Å²) in [4.78, 5) is 17.4. The van der Waals surface area contributed by atoms with Gasteiger partial charge in [0.2, 0.25) is 5.91 Å². The molecule has 1 amide bonds. The third kappa shape index (κ3) is 4.44. The van der Waals surface area contributed by atoms with Gasteiger partial charge in [0.25, 0.3) is 0 Å². The Kier molecular flexibility index (Phi) is 6.05. The Morgan fingerprint density at radius 2 is 2.11 bits per heavy atom. The van der Waals surface area contributed by atoms with Crippen LogP contribution in [0.5, 0.6) is 0 Å². The highest BCUT2D eigenvalue weighted by molar-refractivity contribution is 5.88. The number of hydrogen-bond acceptors (Lipinski definition) is 2. The van der Waals surface area contributed by atoms with E-state index in [0.29, 0.717) is 23.8 Å². The molecule has 2 N–H and O–H groups in total. The van der Waals surface area contributed by atoms with E-state index >= 15 is 0 Å². The van der Waals surface area contributed by atoms with Gasteiger partial charge >= 0.3 is 0 Å². The number of anilines is 1. The van der Waals surface area contributed by atoms with Crippen molar-refractivity contribution in [3.63, 3.8) is 0 Å². The van der Waals surface area contributed by atoms with Crippen LogP contribution in [0.2, 0.25) is 0 Å². The maximum absolute atomic E-state index is 11.4. The maximum atomic E-state index is 11.4. The molecule has 4 atom stereocenters. The van der Waals surface area contributed by atoms with Gasteiger partial charge in [0.05, 0.1) is 0 Å². The fourth-order valence-electron chi connectivity index (χ4n) is 4.65. The Bertz CT molecular complexity index is 781. The number of nitrogens with one attached hydrogen (secondary N) is 2. The second-order valence-electron chi connectivity index (χ2n) is 8.27. The minimum Gasteiger partial charge on any atom is -0.365 e. The number of benzene rings is 1. The van der Waals surface area contributed by atoms with Crippen molar-refractivity contribution < 1.29 is 4.79 Å². The zero-order valence-electron chi connectivity index (χ0n) is 17.3. The summed E-state index contributed by atoms with van der Waals surface area (Å²) in [6, 6.07) is 11.1. The Hall–Kier alpha value is -2.07. The van der Waals surface area contributed by atoms with Gasteiger partial charge in [-0.2, -0.15) is 0 Å². The number of carbonyl (C=O) groups excluding carboxylic acids is 1. The molecule has 0 bridgehead atoms. The minimum absolute atomic E-state index is 0.0167. The van der Waals surface area contributed by atoms with Crippen molar-refractivity contribution in [1.29, 1.82) is 0 Å². The van der Waals surface area contributed by atoms with E-state index in [1.165, 1.54) is 16.8 Å². The second kappa shape index (κ2) is 8.30. The molecule has 3 rings (SSSR count). The first-order valence-corrected chi connectivity index (χ1v) is 10.1. The second-order valence-corrected chi connectivity index (χ2v) is 8.27. The monoisotopic (exact) mass is 367 g/mol. The summed E-state index contributed by atoms with van der Waals surface area (Å²) >= 11 is 0. The quantitative estimate of drug-likeness (QED) is 0.790. The zero-order valence-corrected chi connectivity index (χ0v) is 17.3. The molecule has 1 aliphatic heterocycles. The summed E-state index contributed by atoms with van der Waals surface area (Å²) in [5.41, 5.74) is 4.96. The predicted octanol–water partition coefficient (Wildman–Crippen LogP) is 4.90. The van der Waals surface area contributed by atoms with E-state index in [2.05, 4.69) is 67.2 Å². The van der Waals surface area contributed by atoms with Crippen LogP contribution < -0.4 is 5.32 Å². The summed E-state index contributed by atoms with van der Waals surface area (Å²) in [5, 5.41) is 2.91. The van der Waals surface area contributed by atoms with Crippen molar-refractivity contribution in [3.8, 4) is 0 Å². The van der Waals surface area contributed by atoms with Crippen molar-refractivity contribution in [2.24, 2.45) is 5.92 Å². The molecular weight excluding hydrogens is 334 g/mol. The van der Waals surface area contributed by atoms with Crippen LogP contribution >= 0.6 is 0 Å². The number of hydrogen-bond donors (Lipinski definition) is 2. The van der Waals surface area contributed by atoms with Crippen LogP contribution in [0.25, 0.3) is 0 Å². The van der Waals surface area contributed by atoms with Crippen molar-refractivity contribution in [3.05, 3.63) is 53.3 Å². The standard InChI is InChI=1S/C23H33N3O/c1-15-9-11-24-23(15)16(2)14-26-12-10-22(17(3)18(26)4)20-7-6-8-21(13-20)25-19(5)27/h6-9,11,13,16-18,22,24H,10,12,14H2,1-5H3,(H,25,27). The fraction of sp³-hybridized carbons (Fsp3) is 0.522. The van der Waals surface area contributed by atoms with Crippen LogP contribution in [0.3, 0.4) is 0 Å². The van der Waals surface area contributed by atoms with Gasteiger partial charge in [0.1, 0.15) is 0 Å². The average Bonchev–Trinajstić information content (AvgIpc) is 3.05. The summed E-state index contributed by atoms with van der Waals surface area (Å²) in [5.74, 6) is 1.60. The van der Waals surface area contributed by atoms with Crippen molar-refractivity contribution in [1.82, 2.24) is 9.88 Å². The minimum atomic E-state index is -0.0167. The molecule has 1 fully saturated rings. The average molecular weight is 368 g/mol. The van der Waals surface area contributed by atoms with Gasteiger partial charge in [-0.05, 0) is 68.0 Å². The molecule has 27 heavy (non-hydrogen) atoms. The predicted molar refractivity (Wildman–Crippen MR) is 112 cm³/mol. The molecule has 2 aromatic rings. The number of aryl methyl sites for hydroxylation is 1. The third-order valence-electron chi connectivity index (χ3n) is 6.33. The SMILES string of the molecule is CC(=O)Nc1cccc(C2CCN(CC(C)c3[nH]ccc3C)C(C)C2C)c1. The van der Waals surface area contributed by atoms with Crippen molar-refractivity contribution in [2.45, 2.75) is 58.9 Å².